The van der Waals surface area contributed by atoms with Gasteiger partial charge in [-0.05, 0) is 30.3 Å². The van der Waals surface area contributed by atoms with Crippen molar-refractivity contribution in [2.45, 2.75) is 0 Å². The molecule has 0 aliphatic heterocycles. The van der Waals surface area contributed by atoms with Gasteiger partial charge in [-0.25, -0.2) is 4.79 Å². The lowest BCUT2D eigenvalue weighted by Crippen LogP contribution is -2.18. The molecule has 0 saturated carbocycles. The molecule has 0 aliphatic rings. The Morgan fingerprint density at radius 3 is 2.29 bits per heavy atom. The summed E-state index contributed by atoms with van der Waals surface area (Å²) in [7, 11) is 0. The minimum absolute atomic E-state index is 0.291. The van der Waals surface area contributed by atoms with Crippen LogP contribution in [0.2, 0.25) is 0 Å². The molecule has 0 spiro atoms. The first kappa shape index (κ1) is 18.6. The van der Waals surface area contributed by atoms with Gasteiger partial charge in [0, 0.05) is 6.07 Å². The summed E-state index contributed by atoms with van der Waals surface area (Å²) in [5.74, 6) is -1.48. The van der Waals surface area contributed by atoms with Gasteiger partial charge in [0.25, 0.3) is 11.6 Å². The van der Waals surface area contributed by atoms with Crippen LogP contribution in [0, 0.1) is 10.1 Å². The number of aromatic carboxylic acids is 1. The maximum atomic E-state index is 12.7. The summed E-state index contributed by atoms with van der Waals surface area (Å²) in [6, 6.07) is 19.0. The fourth-order valence-corrected chi connectivity index (χ4v) is 2.57. The monoisotopic (exact) mass is 378 g/mol. The number of nitro benzene ring substituents is 1. The van der Waals surface area contributed by atoms with Crippen LogP contribution in [0.25, 0.3) is 0 Å². The molecule has 8 nitrogen and oxygen atoms in total. The number of amides is 1. The van der Waals surface area contributed by atoms with Crippen LogP contribution < -0.4 is 10.1 Å². The number of hydrogen-bond acceptors (Lipinski definition) is 5. The van der Waals surface area contributed by atoms with Crippen molar-refractivity contribution in [3.63, 3.8) is 0 Å². The highest BCUT2D eigenvalue weighted by Gasteiger charge is 2.27. The second kappa shape index (κ2) is 8.00. The van der Waals surface area contributed by atoms with Gasteiger partial charge in [-0.1, -0.05) is 36.4 Å². The number of para-hydroxylation sites is 3. The highest BCUT2D eigenvalue weighted by atomic mass is 16.6. The highest BCUT2D eigenvalue weighted by molar-refractivity contribution is 6.12. The van der Waals surface area contributed by atoms with Crippen LogP contribution in [0.1, 0.15) is 20.7 Å². The zero-order chi connectivity index (χ0) is 20.1. The molecule has 0 aliphatic carbocycles. The number of ether oxygens (including phenoxy) is 1. The van der Waals surface area contributed by atoms with Gasteiger partial charge in [-0.2, -0.15) is 0 Å². The Hall–Kier alpha value is -4.20. The average Bonchev–Trinajstić information content (AvgIpc) is 2.69. The number of nitrogens with zero attached hydrogens (tertiary/aromatic N) is 1. The first-order valence-electron chi connectivity index (χ1n) is 8.11. The second-order valence-electron chi connectivity index (χ2n) is 5.63. The molecule has 3 rings (SSSR count). The van der Waals surface area contributed by atoms with Gasteiger partial charge in [0.05, 0.1) is 16.2 Å². The van der Waals surface area contributed by atoms with E-state index in [9.17, 15) is 24.8 Å². The summed E-state index contributed by atoms with van der Waals surface area (Å²) in [6.07, 6.45) is 0. The summed E-state index contributed by atoms with van der Waals surface area (Å²) in [4.78, 5) is 34.4. The predicted octanol–water partition coefficient (Wildman–Crippen LogP) is 4.34. The molecular weight excluding hydrogens is 364 g/mol. The lowest BCUT2D eigenvalue weighted by atomic mass is 10.0. The number of rotatable bonds is 6. The molecule has 1 amide bonds. The third-order valence-electron chi connectivity index (χ3n) is 3.80. The van der Waals surface area contributed by atoms with E-state index in [1.165, 1.54) is 12.1 Å². The summed E-state index contributed by atoms with van der Waals surface area (Å²) in [5.41, 5.74) is -1.36. The minimum Gasteiger partial charge on any atom is -0.477 e. The maximum absolute atomic E-state index is 12.7. The number of nitro groups is 1. The molecule has 3 aromatic carbocycles. The molecule has 8 heteroatoms. The third-order valence-corrected chi connectivity index (χ3v) is 3.80. The van der Waals surface area contributed by atoms with Crippen molar-refractivity contribution >= 4 is 23.3 Å². The van der Waals surface area contributed by atoms with Crippen LogP contribution in [-0.4, -0.2) is 21.9 Å². The fraction of sp³-hybridized carbons (Fsp3) is 0. The van der Waals surface area contributed by atoms with E-state index in [1.54, 1.807) is 48.5 Å². The molecule has 0 radical (unpaired) electrons. The van der Waals surface area contributed by atoms with Crippen molar-refractivity contribution in [3.05, 3.63) is 94.0 Å². The topological polar surface area (TPSA) is 119 Å². The van der Waals surface area contributed by atoms with E-state index < -0.39 is 28.1 Å². The van der Waals surface area contributed by atoms with Crippen LogP contribution >= 0.6 is 0 Å². The molecule has 140 valence electrons. The van der Waals surface area contributed by atoms with Gasteiger partial charge in [-0.3, -0.25) is 14.9 Å². The largest absolute Gasteiger partial charge is 0.477 e. The summed E-state index contributed by atoms with van der Waals surface area (Å²) in [5, 5.41) is 23.0. The molecular formula is C20H14N2O6. The standard InChI is InChI=1S/C20H14N2O6/c23-19(14-9-6-11-16(22(26)27)18(14)20(24)25)21-15-10-4-5-12-17(15)28-13-7-2-1-3-8-13/h1-12H,(H,21,23)(H,24,25). The van der Waals surface area contributed by atoms with Gasteiger partial charge >= 0.3 is 5.97 Å². The second-order valence-corrected chi connectivity index (χ2v) is 5.63. The smallest absolute Gasteiger partial charge is 0.343 e. The first-order valence-corrected chi connectivity index (χ1v) is 8.11. The zero-order valence-electron chi connectivity index (χ0n) is 14.4. The Morgan fingerprint density at radius 1 is 0.929 bits per heavy atom. The van der Waals surface area contributed by atoms with E-state index in [-0.39, 0.29) is 5.56 Å². The number of carboxylic acids is 1. The molecule has 0 bridgehead atoms. The molecule has 0 fully saturated rings. The Bertz CT molecular complexity index is 1050. The lowest BCUT2D eigenvalue weighted by Gasteiger charge is -2.13. The van der Waals surface area contributed by atoms with E-state index in [0.29, 0.717) is 17.2 Å². The number of carbonyl (C=O) groups excluding carboxylic acids is 1. The zero-order valence-corrected chi connectivity index (χ0v) is 14.4. The van der Waals surface area contributed by atoms with Crippen LogP contribution in [0.3, 0.4) is 0 Å². The van der Waals surface area contributed by atoms with Gasteiger partial charge in [-0.15, -0.1) is 0 Å². The van der Waals surface area contributed by atoms with Crippen molar-refractivity contribution in [2.75, 3.05) is 5.32 Å². The summed E-state index contributed by atoms with van der Waals surface area (Å²) in [6.45, 7) is 0. The van der Waals surface area contributed by atoms with Crippen molar-refractivity contribution < 1.29 is 24.4 Å². The average molecular weight is 378 g/mol. The molecule has 2 N–H and O–H groups in total. The van der Waals surface area contributed by atoms with E-state index in [1.807, 2.05) is 6.07 Å². The summed E-state index contributed by atoms with van der Waals surface area (Å²) >= 11 is 0. The van der Waals surface area contributed by atoms with Crippen LogP contribution in [0.15, 0.2) is 72.8 Å². The number of benzene rings is 3. The molecule has 0 atom stereocenters. The Balaban J connectivity index is 1.94. The van der Waals surface area contributed by atoms with Gasteiger partial charge in [0.1, 0.15) is 11.3 Å². The van der Waals surface area contributed by atoms with Gasteiger partial charge in [0.15, 0.2) is 5.75 Å². The SMILES string of the molecule is O=C(Nc1ccccc1Oc1ccccc1)c1cccc([N+](=O)[O-])c1C(=O)O. The van der Waals surface area contributed by atoms with Gasteiger partial charge < -0.3 is 15.2 Å². The fourth-order valence-electron chi connectivity index (χ4n) is 2.57. The lowest BCUT2D eigenvalue weighted by molar-refractivity contribution is -0.385. The Kier molecular flexibility index (Phi) is 5.31. The highest BCUT2D eigenvalue weighted by Crippen LogP contribution is 2.30. The van der Waals surface area contributed by atoms with Crippen LogP contribution in [0.4, 0.5) is 11.4 Å². The molecule has 0 heterocycles. The van der Waals surface area contributed by atoms with E-state index >= 15 is 0 Å². The van der Waals surface area contributed by atoms with Gasteiger partial charge in [0.2, 0.25) is 0 Å². The number of carbonyl (C=O) groups is 2. The quantitative estimate of drug-likeness (QED) is 0.486. The molecule has 0 aromatic heterocycles. The van der Waals surface area contributed by atoms with E-state index in [0.717, 1.165) is 6.07 Å². The minimum atomic E-state index is -1.56. The Labute approximate surface area is 159 Å². The third kappa shape index (κ3) is 3.96. The number of nitrogens with one attached hydrogen (secondary N) is 1. The van der Waals surface area contributed by atoms with Crippen molar-refractivity contribution in [3.8, 4) is 11.5 Å². The maximum Gasteiger partial charge on any atom is 0.343 e. The number of hydrogen-bond donors (Lipinski definition) is 2. The van der Waals surface area contributed by atoms with Crippen LogP contribution in [0.5, 0.6) is 11.5 Å². The Morgan fingerprint density at radius 2 is 1.61 bits per heavy atom. The molecule has 0 saturated heterocycles. The predicted molar refractivity (Wildman–Crippen MR) is 101 cm³/mol. The van der Waals surface area contributed by atoms with E-state index in [2.05, 4.69) is 5.32 Å². The molecule has 0 unspecified atom stereocenters. The molecule has 28 heavy (non-hydrogen) atoms. The van der Waals surface area contributed by atoms with Crippen LogP contribution in [-0.2, 0) is 0 Å². The van der Waals surface area contributed by atoms with Crippen molar-refractivity contribution in [1.29, 1.82) is 0 Å². The molecule has 3 aromatic rings. The first-order chi connectivity index (χ1) is 13.5. The van der Waals surface area contributed by atoms with Crippen molar-refractivity contribution in [1.82, 2.24) is 0 Å². The normalized spacial score (nSPS) is 10.1. The van der Waals surface area contributed by atoms with Crippen molar-refractivity contribution in [2.24, 2.45) is 0 Å². The number of carboxylic acid groups (broad SMARTS) is 1. The summed E-state index contributed by atoms with van der Waals surface area (Å²) < 4.78 is 5.75. The number of anilines is 1. The van der Waals surface area contributed by atoms with E-state index in [4.69, 9.17) is 4.74 Å².